The largest absolute Gasteiger partial charge is 0.494 e. The van der Waals surface area contributed by atoms with Gasteiger partial charge in [-0.2, -0.15) is 0 Å². The van der Waals surface area contributed by atoms with Crippen molar-refractivity contribution in [2.75, 3.05) is 32.8 Å². The molecule has 0 aliphatic carbocycles. The summed E-state index contributed by atoms with van der Waals surface area (Å²) in [5.74, 6) is 1.33. The van der Waals surface area contributed by atoms with E-state index >= 15 is 0 Å². The standard InChI is InChI=1S/C28H42N4O4/c1-22-24(30-27(35)29-22)11-6-3-7-12-26(34)32-19-16-28(21-32)14-17-31(18-15-28)25(33)13-8-20-36-23-9-4-2-5-10-23/h2,4-5,9-10,22,24H,3,6-8,11-21H2,1H3,(H2,29,30,35)/t22-,24+/m0/s1. The zero-order valence-electron chi connectivity index (χ0n) is 21.7. The fourth-order valence-corrected chi connectivity index (χ4v) is 5.81. The van der Waals surface area contributed by atoms with Crippen LogP contribution in [0.5, 0.6) is 5.75 Å². The monoisotopic (exact) mass is 498 g/mol. The van der Waals surface area contributed by atoms with E-state index in [4.69, 9.17) is 4.74 Å². The Balaban J connectivity index is 1.08. The molecule has 4 rings (SSSR count). The third-order valence-electron chi connectivity index (χ3n) is 8.20. The van der Waals surface area contributed by atoms with Crippen LogP contribution in [0.2, 0.25) is 0 Å². The van der Waals surface area contributed by atoms with Gasteiger partial charge in [-0.15, -0.1) is 0 Å². The fourth-order valence-electron chi connectivity index (χ4n) is 5.81. The second kappa shape index (κ2) is 12.5. The lowest BCUT2D eigenvalue weighted by Crippen LogP contribution is -2.44. The first-order chi connectivity index (χ1) is 17.4. The number of urea groups is 1. The number of hydrogen-bond acceptors (Lipinski definition) is 4. The van der Waals surface area contributed by atoms with Crippen LogP contribution in [0, 0.1) is 5.41 Å². The van der Waals surface area contributed by atoms with Gasteiger partial charge in [0.05, 0.1) is 12.6 Å². The van der Waals surface area contributed by atoms with Gasteiger partial charge in [0, 0.05) is 45.1 Å². The molecule has 4 amide bonds. The Hall–Kier alpha value is -2.77. The maximum Gasteiger partial charge on any atom is 0.315 e. The summed E-state index contributed by atoms with van der Waals surface area (Å²) in [4.78, 5) is 40.9. The van der Waals surface area contributed by atoms with E-state index in [1.807, 2.05) is 42.2 Å². The van der Waals surface area contributed by atoms with Crippen LogP contribution in [0.4, 0.5) is 4.79 Å². The Morgan fingerprint density at radius 3 is 2.28 bits per heavy atom. The Bertz CT molecular complexity index is 885. The number of unbranched alkanes of at least 4 members (excludes halogenated alkanes) is 2. The van der Waals surface area contributed by atoms with Crippen molar-refractivity contribution in [3.63, 3.8) is 0 Å². The van der Waals surface area contributed by atoms with Crippen molar-refractivity contribution in [3.05, 3.63) is 30.3 Å². The topological polar surface area (TPSA) is 91.0 Å². The number of ether oxygens (including phenoxy) is 1. The number of para-hydroxylation sites is 1. The maximum atomic E-state index is 12.8. The predicted molar refractivity (Wildman–Crippen MR) is 139 cm³/mol. The van der Waals surface area contributed by atoms with Crippen molar-refractivity contribution in [2.45, 2.75) is 83.2 Å². The molecular weight excluding hydrogens is 456 g/mol. The number of nitrogens with zero attached hydrogens (tertiary/aromatic N) is 2. The number of rotatable bonds is 11. The number of amides is 4. The maximum absolute atomic E-state index is 12.8. The van der Waals surface area contributed by atoms with Gasteiger partial charge in [-0.05, 0) is 63.0 Å². The molecule has 1 aromatic carbocycles. The Kier molecular flexibility index (Phi) is 9.10. The summed E-state index contributed by atoms with van der Waals surface area (Å²) in [5, 5.41) is 5.83. The molecule has 36 heavy (non-hydrogen) atoms. The molecule has 2 N–H and O–H groups in total. The fraction of sp³-hybridized carbons (Fsp3) is 0.679. The molecule has 2 atom stereocenters. The van der Waals surface area contributed by atoms with E-state index in [0.29, 0.717) is 19.4 Å². The minimum atomic E-state index is -0.0747. The highest BCUT2D eigenvalue weighted by molar-refractivity contribution is 5.77. The van der Waals surface area contributed by atoms with Gasteiger partial charge in [0.1, 0.15) is 5.75 Å². The molecule has 198 valence electrons. The van der Waals surface area contributed by atoms with Crippen molar-refractivity contribution < 1.29 is 19.1 Å². The van der Waals surface area contributed by atoms with E-state index in [0.717, 1.165) is 83.3 Å². The van der Waals surface area contributed by atoms with Gasteiger partial charge in [0.15, 0.2) is 0 Å². The van der Waals surface area contributed by atoms with Gasteiger partial charge in [0.2, 0.25) is 11.8 Å². The molecule has 0 unspecified atom stereocenters. The van der Waals surface area contributed by atoms with Gasteiger partial charge < -0.3 is 25.2 Å². The second-order valence-electron chi connectivity index (χ2n) is 10.8. The first kappa shape index (κ1) is 26.3. The van der Waals surface area contributed by atoms with E-state index in [9.17, 15) is 14.4 Å². The van der Waals surface area contributed by atoms with Gasteiger partial charge >= 0.3 is 6.03 Å². The molecule has 1 spiro atoms. The normalized spacial score (nSPS) is 23.0. The van der Waals surface area contributed by atoms with Crippen LogP contribution in [0.15, 0.2) is 30.3 Å². The first-order valence-corrected chi connectivity index (χ1v) is 13.7. The predicted octanol–water partition coefficient (Wildman–Crippen LogP) is 3.71. The first-order valence-electron chi connectivity index (χ1n) is 13.7. The van der Waals surface area contributed by atoms with Crippen LogP contribution < -0.4 is 15.4 Å². The number of likely N-dealkylation sites (tertiary alicyclic amines) is 2. The highest BCUT2D eigenvalue weighted by Crippen LogP contribution is 2.40. The average molecular weight is 499 g/mol. The van der Waals surface area contributed by atoms with Crippen LogP contribution in [-0.4, -0.2) is 72.5 Å². The molecule has 8 nitrogen and oxygen atoms in total. The van der Waals surface area contributed by atoms with Crippen LogP contribution in [-0.2, 0) is 9.59 Å². The molecule has 3 heterocycles. The van der Waals surface area contributed by atoms with Crippen LogP contribution in [0.1, 0.15) is 71.1 Å². The van der Waals surface area contributed by atoms with Crippen LogP contribution >= 0.6 is 0 Å². The minimum absolute atomic E-state index is 0.0747. The van der Waals surface area contributed by atoms with Crippen LogP contribution in [0.3, 0.4) is 0 Å². The van der Waals surface area contributed by atoms with E-state index in [1.54, 1.807) is 0 Å². The van der Waals surface area contributed by atoms with E-state index in [-0.39, 0.29) is 35.3 Å². The summed E-state index contributed by atoms with van der Waals surface area (Å²) in [7, 11) is 0. The van der Waals surface area contributed by atoms with Gasteiger partial charge in [-0.3, -0.25) is 9.59 Å². The molecule has 0 aromatic heterocycles. The van der Waals surface area contributed by atoms with Crippen molar-refractivity contribution >= 4 is 17.8 Å². The Morgan fingerprint density at radius 2 is 1.58 bits per heavy atom. The van der Waals surface area contributed by atoms with E-state index in [2.05, 4.69) is 15.5 Å². The molecule has 1 aromatic rings. The highest BCUT2D eigenvalue weighted by atomic mass is 16.5. The third kappa shape index (κ3) is 7.14. The molecule has 3 fully saturated rings. The van der Waals surface area contributed by atoms with E-state index in [1.165, 1.54) is 0 Å². The lowest BCUT2D eigenvalue weighted by molar-refractivity contribution is -0.135. The summed E-state index contributed by atoms with van der Waals surface area (Å²) in [5.41, 5.74) is 0.187. The Labute approximate surface area is 215 Å². The van der Waals surface area contributed by atoms with Crippen molar-refractivity contribution in [1.29, 1.82) is 0 Å². The molecule has 0 bridgehead atoms. The minimum Gasteiger partial charge on any atom is -0.494 e. The van der Waals surface area contributed by atoms with Crippen molar-refractivity contribution in [2.24, 2.45) is 5.41 Å². The number of carbonyl (C=O) groups is 3. The summed E-state index contributed by atoms with van der Waals surface area (Å²) >= 11 is 0. The van der Waals surface area contributed by atoms with Gasteiger partial charge in [-0.25, -0.2) is 4.79 Å². The Morgan fingerprint density at radius 1 is 0.917 bits per heavy atom. The van der Waals surface area contributed by atoms with Gasteiger partial charge in [0.25, 0.3) is 0 Å². The molecule has 0 radical (unpaired) electrons. The van der Waals surface area contributed by atoms with Crippen molar-refractivity contribution in [3.8, 4) is 5.75 Å². The summed E-state index contributed by atoms with van der Waals surface area (Å²) in [6, 6.07) is 10.0. The number of carbonyl (C=O) groups excluding carboxylic acids is 3. The molecule has 3 aliphatic rings. The third-order valence-corrected chi connectivity index (χ3v) is 8.20. The summed E-state index contributed by atoms with van der Waals surface area (Å²) < 4.78 is 5.70. The summed E-state index contributed by atoms with van der Waals surface area (Å²) in [6.07, 6.45) is 8.78. The van der Waals surface area contributed by atoms with Crippen molar-refractivity contribution in [1.82, 2.24) is 20.4 Å². The molecule has 3 saturated heterocycles. The molecule has 0 saturated carbocycles. The number of hydrogen-bond donors (Lipinski definition) is 2. The zero-order valence-corrected chi connectivity index (χ0v) is 21.7. The zero-order chi connectivity index (χ0) is 25.4. The lowest BCUT2D eigenvalue weighted by atomic mass is 9.77. The molecule has 8 heteroatoms. The second-order valence-corrected chi connectivity index (χ2v) is 10.8. The number of piperidine rings is 1. The van der Waals surface area contributed by atoms with Crippen LogP contribution in [0.25, 0.3) is 0 Å². The average Bonchev–Trinajstić information content (AvgIpc) is 3.44. The number of benzene rings is 1. The lowest BCUT2D eigenvalue weighted by Gasteiger charge is -2.39. The quantitative estimate of drug-likeness (QED) is 0.455. The highest BCUT2D eigenvalue weighted by Gasteiger charge is 2.42. The smallest absolute Gasteiger partial charge is 0.315 e. The SMILES string of the molecule is C[C@@H]1NC(=O)N[C@@H]1CCCCCC(=O)N1CCC2(CCN(C(=O)CCCOc3ccccc3)CC2)C1. The summed E-state index contributed by atoms with van der Waals surface area (Å²) in [6.45, 7) is 5.86. The molecule has 3 aliphatic heterocycles. The number of nitrogens with one attached hydrogen (secondary N) is 2. The van der Waals surface area contributed by atoms with Gasteiger partial charge in [-0.1, -0.05) is 31.0 Å². The molecular formula is C28H42N4O4. The van der Waals surface area contributed by atoms with E-state index < -0.39 is 0 Å².